The molecule has 0 heterocycles. The molecule has 0 aliphatic heterocycles. The Labute approximate surface area is 82.9 Å². The lowest BCUT2D eigenvalue weighted by Gasteiger charge is -2.29. The maximum absolute atomic E-state index is 5.90. The van der Waals surface area contributed by atoms with Gasteiger partial charge in [0.1, 0.15) is 0 Å². The summed E-state index contributed by atoms with van der Waals surface area (Å²) in [6.45, 7) is 9.96. The molecule has 0 spiro atoms. The first-order valence-corrected chi connectivity index (χ1v) is 5.59. The van der Waals surface area contributed by atoms with Gasteiger partial charge in [-0.25, -0.2) is 0 Å². The molecule has 0 radical (unpaired) electrons. The van der Waals surface area contributed by atoms with Crippen LogP contribution in [0, 0.1) is 11.3 Å². The minimum absolute atomic E-state index is 0.322. The van der Waals surface area contributed by atoms with Crippen LogP contribution in [0.25, 0.3) is 0 Å². The summed E-state index contributed by atoms with van der Waals surface area (Å²) in [5.41, 5.74) is 0.322. The molecule has 1 nitrogen and oxygen atoms in total. The van der Waals surface area contributed by atoms with Gasteiger partial charge < -0.3 is 4.74 Å². The zero-order valence-corrected chi connectivity index (χ0v) is 9.60. The zero-order valence-electron chi connectivity index (χ0n) is 9.60. The molecule has 1 fully saturated rings. The lowest BCUT2D eigenvalue weighted by atomic mass is 9.88. The molecule has 0 saturated heterocycles. The van der Waals surface area contributed by atoms with Crippen LogP contribution in [0.15, 0.2) is 0 Å². The van der Waals surface area contributed by atoms with Crippen molar-refractivity contribution in [3.63, 3.8) is 0 Å². The summed E-state index contributed by atoms with van der Waals surface area (Å²) < 4.78 is 5.90. The predicted molar refractivity (Wildman–Crippen MR) is 56.8 cm³/mol. The molecule has 0 aromatic carbocycles. The maximum atomic E-state index is 5.90. The quantitative estimate of drug-likeness (QED) is 0.637. The van der Waals surface area contributed by atoms with Crippen molar-refractivity contribution < 1.29 is 4.74 Å². The summed E-state index contributed by atoms with van der Waals surface area (Å²) in [5, 5.41) is 0. The molecular weight excluding hydrogens is 160 g/mol. The average Bonchev–Trinajstić information content (AvgIpc) is 2.02. The second kappa shape index (κ2) is 4.45. The molecule has 0 N–H and O–H groups in total. The van der Waals surface area contributed by atoms with E-state index in [2.05, 4.69) is 27.7 Å². The summed E-state index contributed by atoms with van der Waals surface area (Å²) in [6, 6.07) is 0. The highest BCUT2D eigenvalue weighted by Crippen LogP contribution is 2.27. The third-order valence-electron chi connectivity index (χ3n) is 2.71. The van der Waals surface area contributed by atoms with Crippen molar-refractivity contribution in [3.05, 3.63) is 0 Å². The predicted octanol–water partition coefficient (Wildman–Crippen LogP) is 3.63. The van der Waals surface area contributed by atoms with Gasteiger partial charge in [-0.3, -0.25) is 0 Å². The molecule has 1 rings (SSSR count). The van der Waals surface area contributed by atoms with Crippen LogP contribution in [-0.4, -0.2) is 12.7 Å². The first kappa shape index (κ1) is 11.0. The number of ether oxygens (including phenoxy) is 1. The van der Waals surface area contributed by atoms with Crippen molar-refractivity contribution in [3.8, 4) is 0 Å². The fourth-order valence-electron chi connectivity index (χ4n) is 1.76. The Kier molecular flexibility index (Phi) is 3.78. The molecule has 0 atom stereocenters. The highest BCUT2D eigenvalue weighted by atomic mass is 16.5. The van der Waals surface area contributed by atoms with E-state index in [4.69, 9.17) is 4.74 Å². The van der Waals surface area contributed by atoms with Crippen LogP contribution in [0.1, 0.15) is 53.4 Å². The summed E-state index contributed by atoms with van der Waals surface area (Å²) in [6.07, 6.45) is 5.81. The van der Waals surface area contributed by atoms with Crippen LogP contribution in [0.4, 0.5) is 0 Å². The summed E-state index contributed by atoms with van der Waals surface area (Å²) >= 11 is 0. The minimum Gasteiger partial charge on any atom is -0.378 e. The Balaban J connectivity index is 2.16. The van der Waals surface area contributed by atoms with Crippen LogP contribution in [0.3, 0.4) is 0 Å². The first-order valence-electron chi connectivity index (χ1n) is 5.59. The van der Waals surface area contributed by atoms with Crippen molar-refractivity contribution >= 4 is 0 Å². The normalized spacial score (nSPS) is 30.5. The van der Waals surface area contributed by atoms with Gasteiger partial charge in [0.15, 0.2) is 0 Å². The van der Waals surface area contributed by atoms with Crippen molar-refractivity contribution in [1.29, 1.82) is 0 Å². The van der Waals surface area contributed by atoms with E-state index in [9.17, 15) is 0 Å². The van der Waals surface area contributed by atoms with Gasteiger partial charge >= 0.3 is 0 Å². The number of hydrogen-bond donors (Lipinski definition) is 0. The van der Waals surface area contributed by atoms with Gasteiger partial charge in [-0.2, -0.15) is 0 Å². The molecule has 78 valence electrons. The molecule has 0 amide bonds. The van der Waals surface area contributed by atoms with Crippen molar-refractivity contribution in [2.75, 3.05) is 6.61 Å². The van der Waals surface area contributed by atoms with Crippen molar-refractivity contribution in [2.24, 2.45) is 11.3 Å². The second-order valence-corrected chi connectivity index (χ2v) is 5.75. The van der Waals surface area contributed by atoms with Crippen LogP contribution in [0.5, 0.6) is 0 Å². The highest BCUT2D eigenvalue weighted by Gasteiger charge is 2.20. The van der Waals surface area contributed by atoms with E-state index in [1.165, 1.54) is 25.7 Å². The van der Waals surface area contributed by atoms with Crippen molar-refractivity contribution in [1.82, 2.24) is 0 Å². The maximum Gasteiger partial charge on any atom is 0.0575 e. The monoisotopic (exact) mass is 184 g/mol. The smallest absolute Gasteiger partial charge is 0.0575 e. The SMILES string of the molecule is CC(C)(C)CO[C@H]1CC[C@H](C)CC1. The largest absolute Gasteiger partial charge is 0.378 e. The van der Waals surface area contributed by atoms with E-state index in [0.29, 0.717) is 11.5 Å². The second-order valence-electron chi connectivity index (χ2n) is 5.75. The van der Waals surface area contributed by atoms with E-state index in [1.54, 1.807) is 0 Å². The molecule has 1 heteroatoms. The lowest BCUT2D eigenvalue weighted by molar-refractivity contribution is -0.0157. The van der Waals surface area contributed by atoms with Gasteiger partial charge in [-0.15, -0.1) is 0 Å². The van der Waals surface area contributed by atoms with Crippen LogP contribution >= 0.6 is 0 Å². The van der Waals surface area contributed by atoms with Crippen LogP contribution in [-0.2, 0) is 4.74 Å². The molecule has 1 saturated carbocycles. The molecule has 0 aromatic heterocycles. The fourth-order valence-corrected chi connectivity index (χ4v) is 1.76. The summed E-state index contributed by atoms with van der Waals surface area (Å²) in [7, 11) is 0. The van der Waals surface area contributed by atoms with Gasteiger partial charge in [0.05, 0.1) is 12.7 Å². The van der Waals surface area contributed by atoms with Crippen molar-refractivity contribution in [2.45, 2.75) is 59.5 Å². The Hall–Kier alpha value is -0.0400. The van der Waals surface area contributed by atoms with Gasteiger partial charge in [0.2, 0.25) is 0 Å². The van der Waals surface area contributed by atoms with E-state index in [1.807, 2.05) is 0 Å². The standard InChI is InChI=1S/C12H24O/c1-10-5-7-11(8-6-10)13-9-12(2,3)4/h10-11H,5-9H2,1-4H3/t10-,11-. The van der Waals surface area contributed by atoms with Crippen LogP contribution in [0.2, 0.25) is 0 Å². The zero-order chi connectivity index (χ0) is 9.90. The highest BCUT2D eigenvalue weighted by molar-refractivity contribution is 4.71. The fraction of sp³-hybridized carbons (Fsp3) is 1.00. The summed E-state index contributed by atoms with van der Waals surface area (Å²) in [5.74, 6) is 0.925. The van der Waals surface area contributed by atoms with E-state index in [-0.39, 0.29) is 0 Å². The van der Waals surface area contributed by atoms with Gasteiger partial charge in [-0.05, 0) is 37.0 Å². The Morgan fingerprint density at radius 3 is 2.08 bits per heavy atom. The lowest BCUT2D eigenvalue weighted by Crippen LogP contribution is -2.25. The number of rotatable bonds is 2. The molecule has 13 heavy (non-hydrogen) atoms. The Morgan fingerprint density at radius 1 is 1.08 bits per heavy atom. The van der Waals surface area contributed by atoms with E-state index < -0.39 is 0 Å². The third kappa shape index (κ3) is 4.66. The Bertz CT molecular complexity index is 138. The third-order valence-corrected chi connectivity index (χ3v) is 2.71. The molecule has 0 aromatic rings. The van der Waals surface area contributed by atoms with Gasteiger partial charge in [0.25, 0.3) is 0 Å². The van der Waals surface area contributed by atoms with E-state index >= 15 is 0 Å². The topological polar surface area (TPSA) is 9.23 Å². The first-order chi connectivity index (χ1) is 5.97. The molecule has 1 aliphatic rings. The molecule has 0 bridgehead atoms. The summed E-state index contributed by atoms with van der Waals surface area (Å²) in [4.78, 5) is 0. The van der Waals surface area contributed by atoms with Gasteiger partial charge in [-0.1, -0.05) is 27.7 Å². The molecular formula is C12H24O. The van der Waals surface area contributed by atoms with E-state index in [0.717, 1.165) is 12.5 Å². The molecule has 0 unspecified atom stereocenters. The minimum atomic E-state index is 0.322. The molecule has 1 aliphatic carbocycles. The van der Waals surface area contributed by atoms with Gasteiger partial charge in [0, 0.05) is 0 Å². The number of hydrogen-bond acceptors (Lipinski definition) is 1. The van der Waals surface area contributed by atoms with Crippen LogP contribution < -0.4 is 0 Å². The Morgan fingerprint density at radius 2 is 1.62 bits per heavy atom. The average molecular weight is 184 g/mol.